The van der Waals surface area contributed by atoms with Gasteiger partial charge in [-0.2, -0.15) is 4.98 Å². The number of likely N-dealkylation sites (tertiary alicyclic amines) is 1. The van der Waals surface area contributed by atoms with Gasteiger partial charge in [-0.1, -0.05) is 11.6 Å². The molecule has 2 heterocycles. The van der Waals surface area contributed by atoms with Gasteiger partial charge in [-0.25, -0.2) is 4.98 Å². The Labute approximate surface area is 119 Å². The number of aromatic nitrogens is 2. The molecule has 0 saturated carbocycles. The molecule has 6 heteroatoms. The first-order chi connectivity index (χ1) is 9.10. The minimum absolute atomic E-state index is 0.339. The Balaban J connectivity index is 1.95. The quantitative estimate of drug-likeness (QED) is 0.920. The predicted molar refractivity (Wildman–Crippen MR) is 76.9 cm³/mol. The van der Waals surface area contributed by atoms with E-state index in [9.17, 15) is 0 Å². The van der Waals surface area contributed by atoms with Crippen LogP contribution in [-0.2, 0) is 0 Å². The summed E-state index contributed by atoms with van der Waals surface area (Å²) >= 11 is 6.10. The van der Waals surface area contributed by atoms with Crippen LogP contribution in [0.3, 0.4) is 0 Å². The summed E-state index contributed by atoms with van der Waals surface area (Å²) < 4.78 is 5.02. The van der Waals surface area contributed by atoms with E-state index in [4.69, 9.17) is 16.3 Å². The summed E-state index contributed by atoms with van der Waals surface area (Å²) in [7, 11) is 1.55. The van der Waals surface area contributed by atoms with E-state index in [2.05, 4.69) is 34.0 Å². The topological polar surface area (TPSA) is 50.3 Å². The third-order valence-electron chi connectivity index (χ3n) is 3.51. The average Bonchev–Trinajstić information content (AvgIpc) is 2.42. The van der Waals surface area contributed by atoms with Gasteiger partial charge in [0.1, 0.15) is 5.02 Å². The Hall–Kier alpha value is -1.07. The molecule has 1 saturated heterocycles. The van der Waals surface area contributed by atoms with Crippen molar-refractivity contribution in [2.24, 2.45) is 0 Å². The van der Waals surface area contributed by atoms with Gasteiger partial charge in [0.15, 0.2) is 5.82 Å². The van der Waals surface area contributed by atoms with Crippen LogP contribution < -0.4 is 10.1 Å². The molecule has 1 aliphatic rings. The van der Waals surface area contributed by atoms with E-state index in [0.717, 1.165) is 25.9 Å². The van der Waals surface area contributed by atoms with Crippen molar-refractivity contribution in [1.29, 1.82) is 0 Å². The summed E-state index contributed by atoms with van der Waals surface area (Å²) in [6, 6.07) is 1.36. The molecule has 1 aromatic heterocycles. The molecule has 1 N–H and O–H groups in total. The van der Waals surface area contributed by atoms with Gasteiger partial charge < -0.3 is 15.0 Å². The fraction of sp³-hybridized carbons (Fsp3) is 0.692. The first kappa shape index (κ1) is 14.3. The van der Waals surface area contributed by atoms with E-state index in [1.165, 1.54) is 0 Å². The molecule has 106 valence electrons. The molecule has 0 bridgehead atoms. The van der Waals surface area contributed by atoms with Gasteiger partial charge in [0, 0.05) is 25.2 Å². The third kappa shape index (κ3) is 3.70. The maximum absolute atomic E-state index is 6.10. The smallest absolute Gasteiger partial charge is 0.318 e. The summed E-state index contributed by atoms with van der Waals surface area (Å²) in [4.78, 5) is 10.7. The molecule has 5 nitrogen and oxygen atoms in total. The Morgan fingerprint density at radius 2 is 2.11 bits per heavy atom. The highest BCUT2D eigenvalue weighted by Gasteiger charge is 2.21. The fourth-order valence-corrected chi connectivity index (χ4v) is 2.45. The molecule has 0 unspecified atom stereocenters. The molecular formula is C13H21ClN4O. The molecule has 0 aliphatic carbocycles. The standard InChI is InChI=1S/C13H21ClN4O/c1-9(2)18-6-4-10(5-7-18)16-12-11(14)8-15-13(17-12)19-3/h8-10H,4-7H2,1-3H3,(H,15,16,17). The Kier molecular flexibility index (Phi) is 4.82. The normalized spacial score (nSPS) is 17.7. The highest BCUT2D eigenvalue weighted by atomic mass is 35.5. The van der Waals surface area contributed by atoms with Crippen LogP contribution >= 0.6 is 11.6 Å². The number of nitrogens with zero attached hydrogens (tertiary/aromatic N) is 3. The number of rotatable bonds is 4. The average molecular weight is 285 g/mol. The zero-order chi connectivity index (χ0) is 13.8. The molecule has 0 atom stereocenters. The molecule has 19 heavy (non-hydrogen) atoms. The lowest BCUT2D eigenvalue weighted by Crippen LogP contribution is -2.42. The van der Waals surface area contributed by atoms with Gasteiger partial charge in [-0.3, -0.25) is 0 Å². The summed E-state index contributed by atoms with van der Waals surface area (Å²) in [5.41, 5.74) is 0. The minimum Gasteiger partial charge on any atom is -0.467 e. The SMILES string of the molecule is COc1ncc(Cl)c(NC2CCN(C(C)C)CC2)n1. The number of anilines is 1. The van der Waals surface area contributed by atoms with E-state index in [1.54, 1.807) is 13.3 Å². The zero-order valence-corrected chi connectivity index (χ0v) is 12.4. The summed E-state index contributed by atoms with van der Waals surface area (Å²) in [6.07, 6.45) is 3.76. The number of hydrogen-bond donors (Lipinski definition) is 1. The van der Waals surface area contributed by atoms with Crippen molar-refractivity contribution >= 4 is 17.4 Å². The summed E-state index contributed by atoms with van der Waals surface area (Å²) in [5.74, 6) is 0.663. The van der Waals surface area contributed by atoms with Crippen molar-refractivity contribution in [3.63, 3.8) is 0 Å². The number of nitrogens with one attached hydrogen (secondary N) is 1. The summed E-state index contributed by atoms with van der Waals surface area (Å²) in [5, 5.41) is 3.93. The number of hydrogen-bond acceptors (Lipinski definition) is 5. The van der Waals surface area contributed by atoms with Crippen LogP contribution in [0.5, 0.6) is 6.01 Å². The fourth-order valence-electron chi connectivity index (χ4n) is 2.30. The molecule has 0 aromatic carbocycles. The Bertz CT molecular complexity index is 419. The molecule has 2 rings (SSSR count). The first-order valence-corrected chi connectivity index (χ1v) is 7.05. The van der Waals surface area contributed by atoms with Crippen LogP contribution in [-0.4, -0.2) is 47.2 Å². The van der Waals surface area contributed by atoms with Gasteiger partial charge >= 0.3 is 6.01 Å². The van der Waals surface area contributed by atoms with Gasteiger partial charge in [-0.05, 0) is 26.7 Å². The van der Waals surface area contributed by atoms with Crippen LogP contribution in [0.15, 0.2) is 6.20 Å². The van der Waals surface area contributed by atoms with Crippen LogP contribution in [0.25, 0.3) is 0 Å². The van der Waals surface area contributed by atoms with E-state index in [0.29, 0.717) is 28.9 Å². The van der Waals surface area contributed by atoms with E-state index in [-0.39, 0.29) is 0 Å². The summed E-state index contributed by atoms with van der Waals surface area (Å²) in [6.45, 7) is 6.68. The first-order valence-electron chi connectivity index (χ1n) is 6.67. The highest BCUT2D eigenvalue weighted by molar-refractivity contribution is 6.32. The molecule has 1 aromatic rings. The highest BCUT2D eigenvalue weighted by Crippen LogP contribution is 2.23. The van der Waals surface area contributed by atoms with Crippen molar-refractivity contribution in [3.8, 4) is 6.01 Å². The third-order valence-corrected chi connectivity index (χ3v) is 3.78. The van der Waals surface area contributed by atoms with Crippen molar-refractivity contribution in [3.05, 3.63) is 11.2 Å². The van der Waals surface area contributed by atoms with Crippen LogP contribution in [0.1, 0.15) is 26.7 Å². The number of piperidine rings is 1. The maximum atomic E-state index is 6.10. The Morgan fingerprint density at radius 3 is 2.68 bits per heavy atom. The van der Waals surface area contributed by atoms with Gasteiger partial charge in [0.05, 0.1) is 13.3 Å². The Morgan fingerprint density at radius 1 is 1.42 bits per heavy atom. The van der Waals surface area contributed by atoms with Crippen LogP contribution in [0.2, 0.25) is 5.02 Å². The monoisotopic (exact) mass is 284 g/mol. The molecule has 1 fully saturated rings. The van der Waals surface area contributed by atoms with Crippen molar-refractivity contribution in [2.45, 2.75) is 38.8 Å². The van der Waals surface area contributed by atoms with Crippen molar-refractivity contribution in [2.75, 3.05) is 25.5 Å². The molecular weight excluding hydrogens is 264 g/mol. The second kappa shape index (κ2) is 6.39. The number of ether oxygens (including phenoxy) is 1. The lowest BCUT2D eigenvalue weighted by Gasteiger charge is -2.35. The number of halogens is 1. The largest absolute Gasteiger partial charge is 0.467 e. The van der Waals surface area contributed by atoms with E-state index < -0.39 is 0 Å². The minimum atomic E-state index is 0.339. The van der Waals surface area contributed by atoms with E-state index in [1.807, 2.05) is 0 Å². The van der Waals surface area contributed by atoms with Gasteiger partial charge in [-0.15, -0.1) is 0 Å². The van der Waals surface area contributed by atoms with Gasteiger partial charge in [0.2, 0.25) is 0 Å². The number of methoxy groups -OCH3 is 1. The maximum Gasteiger partial charge on any atom is 0.318 e. The van der Waals surface area contributed by atoms with Crippen molar-refractivity contribution < 1.29 is 4.74 Å². The van der Waals surface area contributed by atoms with E-state index >= 15 is 0 Å². The second-order valence-corrected chi connectivity index (χ2v) is 5.51. The van der Waals surface area contributed by atoms with Crippen molar-refractivity contribution in [1.82, 2.24) is 14.9 Å². The molecule has 0 radical (unpaired) electrons. The predicted octanol–water partition coefficient (Wildman–Crippen LogP) is 2.42. The van der Waals surface area contributed by atoms with Crippen LogP contribution in [0, 0.1) is 0 Å². The lowest BCUT2D eigenvalue weighted by atomic mass is 10.0. The second-order valence-electron chi connectivity index (χ2n) is 5.10. The molecule has 1 aliphatic heterocycles. The molecule has 0 spiro atoms. The van der Waals surface area contributed by atoms with Gasteiger partial charge in [0.25, 0.3) is 0 Å². The zero-order valence-electron chi connectivity index (χ0n) is 11.7. The molecule has 0 amide bonds. The van der Waals surface area contributed by atoms with Crippen LogP contribution in [0.4, 0.5) is 5.82 Å². The lowest BCUT2D eigenvalue weighted by molar-refractivity contribution is 0.177.